The Bertz CT molecular complexity index is 780. The molecule has 1 aromatic carbocycles. The van der Waals surface area contributed by atoms with Gasteiger partial charge in [0, 0.05) is 23.8 Å². The van der Waals surface area contributed by atoms with Crippen molar-refractivity contribution < 1.29 is 9.32 Å². The normalized spacial score (nSPS) is 23.1. The Morgan fingerprint density at radius 2 is 2.00 bits per heavy atom. The second-order valence-corrected chi connectivity index (χ2v) is 6.55. The Hall–Kier alpha value is -2.57. The Morgan fingerprint density at radius 1 is 1.21 bits per heavy atom. The van der Waals surface area contributed by atoms with Gasteiger partial charge >= 0.3 is 11.8 Å². The van der Waals surface area contributed by atoms with Gasteiger partial charge in [0.25, 0.3) is 0 Å². The summed E-state index contributed by atoms with van der Waals surface area (Å²) in [6.07, 6.45) is 5.94. The highest BCUT2D eigenvalue weighted by molar-refractivity contribution is 5.90. The van der Waals surface area contributed by atoms with Crippen LogP contribution in [0.5, 0.6) is 0 Å². The summed E-state index contributed by atoms with van der Waals surface area (Å²) in [7, 11) is 0. The molecular weight excluding hydrogens is 308 g/mol. The van der Waals surface area contributed by atoms with E-state index >= 15 is 0 Å². The molecule has 0 bridgehead atoms. The van der Waals surface area contributed by atoms with E-state index in [1.54, 1.807) is 24.3 Å². The molecule has 7 nitrogen and oxygen atoms in total. The summed E-state index contributed by atoms with van der Waals surface area (Å²) in [6, 6.07) is 7.56. The molecule has 24 heavy (non-hydrogen) atoms. The quantitative estimate of drug-likeness (QED) is 0.887. The van der Waals surface area contributed by atoms with Gasteiger partial charge in [-0.25, -0.2) is 9.59 Å². The summed E-state index contributed by atoms with van der Waals surface area (Å²) in [5, 5.41) is 6.63. The monoisotopic (exact) mass is 328 g/mol. The highest BCUT2D eigenvalue weighted by Crippen LogP contribution is 2.37. The number of amides is 2. The number of fused-ring (bicyclic) bond motifs is 1. The topological polar surface area (TPSA) is 91.2 Å². The summed E-state index contributed by atoms with van der Waals surface area (Å²) in [6.45, 7) is 0.839. The lowest BCUT2D eigenvalue weighted by Gasteiger charge is -2.37. The number of hydrogen-bond acceptors (Lipinski definition) is 4. The molecule has 0 spiro atoms. The maximum atomic E-state index is 12.6. The average Bonchev–Trinajstić information content (AvgIpc) is 3.24. The number of anilines is 1. The highest BCUT2D eigenvalue weighted by atomic mass is 16.5. The number of benzene rings is 1. The fourth-order valence-corrected chi connectivity index (χ4v) is 3.97. The Labute approximate surface area is 139 Å². The molecule has 1 aliphatic carbocycles. The maximum Gasteiger partial charge on any atom is 0.439 e. The van der Waals surface area contributed by atoms with Crippen LogP contribution in [0, 0.1) is 5.92 Å². The molecular formula is C17H20N4O3. The van der Waals surface area contributed by atoms with Gasteiger partial charge in [-0.2, -0.15) is 0 Å². The van der Waals surface area contributed by atoms with Gasteiger partial charge in [-0.05, 0) is 55.9 Å². The highest BCUT2D eigenvalue weighted by Gasteiger charge is 2.37. The first-order valence-corrected chi connectivity index (χ1v) is 8.45. The SMILES string of the molecule is O=C(Nc1ccc(-c2noc(=O)[nH]2)cc1)N1CCC[C@H]2CCC[C@H]21. The van der Waals surface area contributed by atoms with E-state index in [-0.39, 0.29) is 6.03 Å². The number of aromatic nitrogens is 2. The molecule has 2 fully saturated rings. The maximum absolute atomic E-state index is 12.6. The number of nitrogens with one attached hydrogen (secondary N) is 2. The van der Waals surface area contributed by atoms with E-state index in [0.717, 1.165) is 30.6 Å². The molecule has 1 saturated heterocycles. The van der Waals surface area contributed by atoms with Gasteiger partial charge in [0.05, 0.1) is 0 Å². The van der Waals surface area contributed by atoms with Crippen molar-refractivity contribution in [1.82, 2.24) is 15.0 Å². The molecule has 126 valence electrons. The number of carbonyl (C=O) groups excluding carboxylic acids is 1. The lowest BCUT2D eigenvalue weighted by molar-refractivity contribution is 0.138. The minimum absolute atomic E-state index is 0.0193. The van der Waals surface area contributed by atoms with Crippen molar-refractivity contribution in [1.29, 1.82) is 0 Å². The van der Waals surface area contributed by atoms with Crippen LogP contribution in [-0.4, -0.2) is 33.7 Å². The molecule has 1 aromatic heterocycles. The van der Waals surface area contributed by atoms with Crippen LogP contribution in [-0.2, 0) is 0 Å². The molecule has 2 atom stereocenters. The van der Waals surface area contributed by atoms with Gasteiger partial charge in [-0.15, -0.1) is 0 Å². The van der Waals surface area contributed by atoms with E-state index in [1.165, 1.54) is 19.3 Å². The van der Waals surface area contributed by atoms with Crippen LogP contribution in [0.4, 0.5) is 10.5 Å². The Balaban J connectivity index is 1.45. The third-order valence-electron chi connectivity index (χ3n) is 5.10. The largest absolute Gasteiger partial charge is 0.439 e. The van der Waals surface area contributed by atoms with Gasteiger partial charge < -0.3 is 10.2 Å². The van der Waals surface area contributed by atoms with Crippen LogP contribution in [0.3, 0.4) is 0 Å². The Morgan fingerprint density at radius 3 is 2.75 bits per heavy atom. The van der Waals surface area contributed by atoms with Crippen molar-refractivity contribution in [3.63, 3.8) is 0 Å². The number of piperidine rings is 1. The van der Waals surface area contributed by atoms with Crippen molar-refractivity contribution >= 4 is 11.7 Å². The van der Waals surface area contributed by atoms with Crippen LogP contribution in [0.15, 0.2) is 33.6 Å². The summed E-state index contributed by atoms with van der Waals surface area (Å²) in [4.78, 5) is 28.1. The summed E-state index contributed by atoms with van der Waals surface area (Å²) in [5.74, 6) is 0.470. The number of rotatable bonds is 2. The van der Waals surface area contributed by atoms with Crippen molar-refractivity contribution in [3.8, 4) is 11.4 Å². The van der Waals surface area contributed by atoms with Crippen LogP contribution < -0.4 is 11.1 Å². The molecule has 4 rings (SSSR count). The summed E-state index contributed by atoms with van der Waals surface area (Å²) < 4.78 is 4.50. The minimum atomic E-state index is -0.585. The number of H-pyrrole nitrogens is 1. The average molecular weight is 328 g/mol. The fourth-order valence-electron chi connectivity index (χ4n) is 3.97. The zero-order chi connectivity index (χ0) is 16.5. The molecule has 0 radical (unpaired) electrons. The van der Waals surface area contributed by atoms with Crippen molar-refractivity contribution in [2.45, 2.75) is 38.1 Å². The molecule has 2 aliphatic rings. The summed E-state index contributed by atoms with van der Waals surface area (Å²) in [5.41, 5.74) is 1.46. The molecule has 0 unspecified atom stereocenters. The number of nitrogens with zero attached hydrogens (tertiary/aromatic N) is 2. The lowest BCUT2D eigenvalue weighted by atomic mass is 9.92. The van der Waals surface area contributed by atoms with Crippen molar-refractivity contribution in [2.75, 3.05) is 11.9 Å². The third-order valence-corrected chi connectivity index (χ3v) is 5.10. The van der Waals surface area contributed by atoms with Crippen LogP contribution >= 0.6 is 0 Å². The van der Waals surface area contributed by atoms with E-state index in [4.69, 9.17) is 0 Å². The zero-order valence-electron chi connectivity index (χ0n) is 13.3. The smallest absolute Gasteiger partial charge is 0.321 e. The number of aromatic amines is 1. The van der Waals surface area contributed by atoms with Gasteiger partial charge in [-0.1, -0.05) is 11.6 Å². The second-order valence-electron chi connectivity index (χ2n) is 6.55. The molecule has 2 amide bonds. The number of hydrogen-bond donors (Lipinski definition) is 2. The fraction of sp³-hybridized carbons (Fsp3) is 0.471. The van der Waals surface area contributed by atoms with E-state index < -0.39 is 5.76 Å². The first kappa shape index (κ1) is 15.0. The number of carbonyl (C=O) groups is 1. The summed E-state index contributed by atoms with van der Waals surface area (Å²) >= 11 is 0. The van der Waals surface area contributed by atoms with Crippen molar-refractivity contribution in [3.05, 3.63) is 34.8 Å². The van der Waals surface area contributed by atoms with E-state index in [2.05, 4.69) is 20.0 Å². The van der Waals surface area contributed by atoms with E-state index in [0.29, 0.717) is 17.8 Å². The predicted octanol–water partition coefficient (Wildman–Crippen LogP) is 2.83. The van der Waals surface area contributed by atoms with Crippen LogP contribution in [0.1, 0.15) is 32.1 Å². The molecule has 1 aliphatic heterocycles. The van der Waals surface area contributed by atoms with Crippen molar-refractivity contribution in [2.24, 2.45) is 5.92 Å². The predicted molar refractivity (Wildman–Crippen MR) is 88.6 cm³/mol. The number of urea groups is 1. The second kappa shape index (κ2) is 6.14. The third kappa shape index (κ3) is 2.81. The van der Waals surface area contributed by atoms with Crippen LogP contribution in [0.25, 0.3) is 11.4 Å². The van der Waals surface area contributed by atoms with Gasteiger partial charge in [0.15, 0.2) is 5.82 Å². The van der Waals surface area contributed by atoms with Gasteiger partial charge in [-0.3, -0.25) is 9.51 Å². The molecule has 2 N–H and O–H groups in total. The van der Waals surface area contributed by atoms with Gasteiger partial charge in [0.1, 0.15) is 0 Å². The van der Waals surface area contributed by atoms with E-state index in [9.17, 15) is 9.59 Å². The Kier molecular flexibility index (Phi) is 3.84. The first-order valence-electron chi connectivity index (χ1n) is 8.45. The molecule has 1 saturated carbocycles. The number of likely N-dealkylation sites (tertiary alicyclic amines) is 1. The van der Waals surface area contributed by atoms with E-state index in [1.807, 2.05) is 4.90 Å². The molecule has 2 aromatic rings. The molecule has 7 heteroatoms. The molecule has 2 heterocycles. The van der Waals surface area contributed by atoms with Gasteiger partial charge in [0.2, 0.25) is 0 Å². The first-order chi connectivity index (χ1) is 11.7. The lowest BCUT2D eigenvalue weighted by Crippen LogP contribution is -2.48. The zero-order valence-corrected chi connectivity index (χ0v) is 13.3. The van der Waals surface area contributed by atoms with Crippen LogP contribution in [0.2, 0.25) is 0 Å². The standard InChI is InChI=1S/C17H20N4O3/c22-16(21-10-2-4-11-3-1-5-14(11)21)18-13-8-6-12(7-9-13)15-19-17(23)24-20-15/h6-9,11,14H,1-5,10H2,(H,18,22)(H,19,20,23)/t11-,14-/m1/s1. The minimum Gasteiger partial charge on any atom is -0.321 e.